The van der Waals surface area contributed by atoms with E-state index in [-0.39, 0.29) is 11.0 Å². The average molecular weight is 307 g/mol. The van der Waals surface area contributed by atoms with Crippen LogP contribution in [0.3, 0.4) is 0 Å². The summed E-state index contributed by atoms with van der Waals surface area (Å²) in [5.74, 6) is 0.804. The third kappa shape index (κ3) is 7.17. The van der Waals surface area contributed by atoms with Crippen molar-refractivity contribution in [3.05, 3.63) is 23.8 Å². The van der Waals surface area contributed by atoms with E-state index < -0.39 is 0 Å². The predicted molar refractivity (Wildman–Crippen MR) is 94.6 cm³/mol. The largest absolute Gasteiger partial charge is 0.491 e. The van der Waals surface area contributed by atoms with Gasteiger partial charge in [0.25, 0.3) is 0 Å². The third-order valence-corrected chi connectivity index (χ3v) is 3.46. The van der Waals surface area contributed by atoms with Crippen LogP contribution in [0.1, 0.15) is 66.4 Å². The van der Waals surface area contributed by atoms with Crippen molar-refractivity contribution in [1.82, 2.24) is 0 Å². The highest BCUT2D eigenvalue weighted by Gasteiger charge is 2.15. The zero-order chi connectivity index (χ0) is 16.8. The number of ether oxygens (including phenoxy) is 2. The van der Waals surface area contributed by atoms with Crippen LogP contribution in [0.4, 0.5) is 5.69 Å². The van der Waals surface area contributed by atoms with Crippen molar-refractivity contribution in [2.45, 2.75) is 71.8 Å². The Balaban J connectivity index is 2.33. The fraction of sp³-hybridized carbons (Fsp3) is 0.684. The lowest BCUT2D eigenvalue weighted by Gasteiger charge is -2.21. The molecule has 1 aromatic rings. The number of nitrogens with two attached hydrogens (primary N) is 1. The third-order valence-electron chi connectivity index (χ3n) is 3.46. The lowest BCUT2D eigenvalue weighted by Crippen LogP contribution is -2.19. The second kappa shape index (κ2) is 7.87. The quantitative estimate of drug-likeness (QED) is 0.574. The molecular formula is C19H33NO2. The molecule has 0 aliphatic carbocycles. The van der Waals surface area contributed by atoms with Crippen molar-refractivity contribution in [2.75, 3.05) is 18.9 Å². The zero-order valence-corrected chi connectivity index (χ0v) is 15.2. The molecule has 0 aliphatic rings. The van der Waals surface area contributed by atoms with Gasteiger partial charge >= 0.3 is 0 Å². The summed E-state index contributed by atoms with van der Waals surface area (Å²) in [5.41, 5.74) is 8.02. The Kier molecular flexibility index (Phi) is 6.73. The Bertz CT molecular complexity index is 455. The van der Waals surface area contributed by atoms with Crippen LogP contribution in [0.5, 0.6) is 5.75 Å². The maximum absolute atomic E-state index is 6.00. The molecule has 2 N–H and O–H groups in total. The molecule has 0 saturated carbocycles. The van der Waals surface area contributed by atoms with E-state index in [9.17, 15) is 0 Å². The van der Waals surface area contributed by atoms with Crippen LogP contribution < -0.4 is 10.5 Å². The van der Waals surface area contributed by atoms with Gasteiger partial charge < -0.3 is 15.2 Å². The maximum atomic E-state index is 6.00. The Morgan fingerprint density at radius 2 is 1.55 bits per heavy atom. The molecule has 0 fully saturated rings. The molecule has 0 bridgehead atoms. The van der Waals surface area contributed by atoms with Gasteiger partial charge in [-0.15, -0.1) is 0 Å². The molecule has 126 valence electrons. The minimum absolute atomic E-state index is 0.0433. The van der Waals surface area contributed by atoms with Gasteiger partial charge in [0, 0.05) is 6.61 Å². The fourth-order valence-electron chi connectivity index (χ4n) is 2.07. The van der Waals surface area contributed by atoms with Crippen LogP contribution in [0.25, 0.3) is 0 Å². The van der Waals surface area contributed by atoms with Gasteiger partial charge in [-0.2, -0.15) is 0 Å². The van der Waals surface area contributed by atoms with E-state index in [1.165, 1.54) is 5.56 Å². The van der Waals surface area contributed by atoms with Crippen molar-refractivity contribution in [3.8, 4) is 5.75 Å². The molecule has 0 unspecified atom stereocenters. The van der Waals surface area contributed by atoms with Gasteiger partial charge in [-0.05, 0) is 63.1 Å². The Morgan fingerprint density at radius 1 is 0.909 bits per heavy atom. The van der Waals surface area contributed by atoms with Crippen molar-refractivity contribution in [3.63, 3.8) is 0 Å². The van der Waals surface area contributed by atoms with E-state index in [0.29, 0.717) is 12.3 Å². The molecule has 0 radical (unpaired) electrons. The van der Waals surface area contributed by atoms with Crippen LogP contribution >= 0.6 is 0 Å². The van der Waals surface area contributed by atoms with Gasteiger partial charge in [0.15, 0.2) is 0 Å². The summed E-state index contributed by atoms with van der Waals surface area (Å²) in [5, 5.41) is 0. The van der Waals surface area contributed by atoms with E-state index in [1.54, 1.807) is 0 Å². The molecule has 0 aromatic heterocycles. The molecular weight excluding hydrogens is 274 g/mol. The van der Waals surface area contributed by atoms with Crippen molar-refractivity contribution < 1.29 is 9.47 Å². The van der Waals surface area contributed by atoms with E-state index in [0.717, 1.165) is 31.6 Å². The predicted octanol–water partition coefficient (Wildman–Crippen LogP) is 4.93. The molecule has 0 amide bonds. The topological polar surface area (TPSA) is 44.5 Å². The number of anilines is 1. The summed E-state index contributed by atoms with van der Waals surface area (Å²) in [4.78, 5) is 0. The van der Waals surface area contributed by atoms with Crippen LogP contribution in [0.2, 0.25) is 0 Å². The molecule has 22 heavy (non-hydrogen) atoms. The maximum Gasteiger partial charge on any atom is 0.142 e. The average Bonchev–Trinajstić information content (AvgIpc) is 2.37. The number of unbranched alkanes of at least 4 members (excludes halogenated alkanes) is 2. The van der Waals surface area contributed by atoms with E-state index in [2.05, 4.69) is 53.7 Å². The number of rotatable bonds is 7. The standard InChI is InChI=1S/C19H33NO2/c1-18(2,3)15-10-11-16(20)17(14-15)21-12-8-7-9-13-22-19(4,5)6/h10-11,14H,7-9,12-13,20H2,1-6H3. The summed E-state index contributed by atoms with van der Waals surface area (Å²) in [7, 11) is 0. The van der Waals surface area contributed by atoms with E-state index >= 15 is 0 Å². The lowest BCUT2D eigenvalue weighted by atomic mass is 9.87. The Morgan fingerprint density at radius 3 is 2.14 bits per heavy atom. The lowest BCUT2D eigenvalue weighted by molar-refractivity contribution is -0.00492. The second-order valence-electron chi connectivity index (χ2n) is 7.87. The highest BCUT2D eigenvalue weighted by Crippen LogP contribution is 2.30. The molecule has 0 atom stereocenters. The van der Waals surface area contributed by atoms with Gasteiger partial charge in [0.05, 0.1) is 17.9 Å². The Labute approximate surface area is 136 Å². The van der Waals surface area contributed by atoms with Crippen molar-refractivity contribution in [1.29, 1.82) is 0 Å². The molecule has 3 nitrogen and oxygen atoms in total. The first-order chi connectivity index (χ1) is 10.1. The summed E-state index contributed by atoms with van der Waals surface area (Å²) < 4.78 is 11.6. The van der Waals surface area contributed by atoms with Crippen LogP contribution in [-0.4, -0.2) is 18.8 Å². The number of benzene rings is 1. The molecule has 0 saturated heterocycles. The first kappa shape index (κ1) is 18.8. The van der Waals surface area contributed by atoms with Gasteiger partial charge in [-0.1, -0.05) is 26.8 Å². The van der Waals surface area contributed by atoms with Gasteiger partial charge in [0.1, 0.15) is 5.75 Å². The molecule has 3 heteroatoms. The number of hydrogen-bond donors (Lipinski definition) is 1. The zero-order valence-electron chi connectivity index (χ0n) is 15.2. The van der Waals surface area contributed by atoms with E-state index in [4.69, 9.17) is 15.2 Å². The van der Waals surface area contributed by atoms with Gasteiger partial charge in [0.2, 0.25) is 0 Å². The Hall–Kier alpha value is -1.22. The smallest absolute Gasteiger partial charge is 0.142 e. The number of nitrogen functional groups attached to an aromatic ring is 1. The van der Waals surface area contributed by atoms with Crippen LogP contribution in [-0.2, 0) is 10.2 Å². The summed E-state index contributed by atoms with van der Waals surface area (Å²) in [6.45, 7) is 14.3. The second-order valence-corrected chi connectivity index (χ2v) is 7.87. The number of hydrogen-bond acceptors (Lipinski definition) is 3. The van der Waals surface area contributed by atoms with Gasteiger partial charge in [-0.25, -0.2) is 0 Å². The van der Waals surface area contributed by atoms with Crippen molar-refractivity contribution >= 4 is 5.69 Å². The minimum atomic E-state index is -0.0433. The monoisotopic (exact) mass is 307 g/mol. The van der Waals surface area contributed by atoms with Crippen molar-refractivity contribution in [2.24, 2.45) is 0 Å². The molecule has 0 spiro atoms. The normalized spacial score (nSPS) is 12.5. The fourth-order valence-corrected chi connectivity index (χ4v) is 2.07. The van der Waals surface area contributed by atoms with Crippen LogP contribution in [0.15, 0.2) is 18.2 Å². The molecule has 1 rings (SSSR count). The molecule has 0 aliphatic heterocycles. The van der Waals surface area contributed by atoms with Crippen LogP contribution in [0, 0.1) is 0 Å². The van der Waals surface area contributed by atoms with E-state index in [1.807, 2.05) is 6.07 Å². The first-order valence-electron chi connectivity index (χ1n) is 8.26. The SMILES string of the molecule is CC(C)(C)OCCCCCOc1cc(C(C)(C)C)ccc1N. The minimum Gasteiger partial charge on any atom is -0.491 e. The summed E-state index contributed by atoms with van der Waals surface area (Å²) in [6.07, 6.45) is 3.19. The highest BCUT2D eigenvalue weighted by atomic mass is 16.5. The van der Waals surface area contributed by atoms with Gasteiger partial charge in [-0.3, -0.25) is 0 Å². The summed E-state index contributed by atoms with van der Waals surface area (Å²) in [6, 6.07) is 6.08. The first-order valence-corrected chi connectivity index (χ1v) is 8.26. The summed E-state index contributed by atoms with van der Waals surface area (Å²) >= 11 is 0. The molecule has 0 heterocycles. The molecule has 1 aromatic carbocycles. The highest BCUT2D eigenvalue weighted by molar-refractivity contribution is 5.54.